The quantitative estimate of drug-likeness (QED) is 0.378. The van der Waals surface area contributed by atoms with Crippen LogP contribution in [-0.2, 0) is 14.9 Å². The predicted octanol–water partition coefficient (Wildman–Crippen LogP) is 1.18. The Hall–Kier alpha value is -0.850. The van der Waals surface area contributed by atoms with E-state index in [1.807, 2.05) is 0 Å². The van der Waals surface area contributed by atoms with Gasteiger partial charge < -0.3 is 0 Å². The fourth-order valence-corrected chi connectivity index (χ4v) is 0. The Kier molecular flexibility index (Phi) is 5.64. The summed E-state index contributed by atoms with van der Waals surface area (Å²) in [5.41, 5.74) is -4.84. The fraction of sp³-hybridized carbons (Fsp3) is 0.600. The van der Waals surface area contributed by atoms with Gasteiger partial charge in [-0.3, -0.25) is 4.55 Å². The van der Waals surface area contributed by atoms with Gasteiger partial charge in [-0.15, -0.1) is 0 Å². The number of hydrogen-bond acceptors (Lipinski definition) is 3. The highest BCUT2D eigenvalue weighted by Crippen LogP contribution is 2.20. The standard InChI is InChI=1S/C4H6O.CHF3O3S/c1-4(2)3-5;2-1(3,4)8(5,6)7/h1-2H3;(H,5,6,7). The van der Waals surface area contributed by atoms with Gasteiger partial charge in [-0.25, -0.2) is 4.79 Å². The van der Waals surface area contributed by atoms with Crippen LogP contribution < -0.4 is 0 Å². The van der Waals surface area contributed by atoms with Crippen LogP contribution in [0.1, 0.15) is 13.8 Å². The lowest BCUT2D eigenvalue weighted by Crippen LogP contribution is -2.21. The van der Waals surface area contributed by atoms with Crippen molar-refractivity contribution in [2.24, 2.45) is 0 Å². The highest BCUT2D eigenvalue weighted by molar-refractivity contribution is 7.86. The van der Waals surface area contributed by atoms with Gasteiger partial charge in [0.15, 0.2) is 0 Å². The van der Waals surface area contributed by atoms with Gasteiger partial charge in [-0.05, 0) is 13.8 Å². The zero-order valence-electron chi connectivity index (χ0n) is 6.71. The lowest BCUT2D eigenvalue weighted by atomic mass is 10.4. The largest absolute Gasteiger partial charge is 0.522 e. The Morgan fingerprint density at radius 3 is 1.46 bits per heavy atom. The molecule has 78 valence electrons. The Morgan fingerprint density at radius 1 is 1.31 bits per heavy atom. The molecule has 0 saturated heterocycles. The molecule has 0 rings (SSSR count). The van der Waals surface area contributed by atoms with Crippen molar-refractivity contribution in [3.05, 3.63) is 5.57 Å². The van der Waals surface area contributed by atoms with Crippen LogP contribution in [0.2, 0.25) is 0 Å². The summed E-state index contributed by atoms with van der Waals surface area (Å²) in [5, 5.41) is 0. The second-order valence-corrected chi connectivity index (χ2v) is 3.44. The maximum atomic E-state index is 10.7. The van der Waals surface area contributed by atoms with Crippen LogP contribution in [-0.4, -0.2) is 24.4 Å². The number of halogens is 3. The lowest BCUT2D eigenvalue weighted by molar-refractivity contribution is -0.0510. The van der Waals surface area contributed by atoms with E-state index < -0.39 is 15.6 Å². The molecule has 0 saturated carbocycles. The average Bonchev–Trinajstić information content (AvgIpc) is 1.84. The molecule has 0 aromatic heterocycles. The van der Waals surface area contributed by atoms with E-state index in [2.05, 4.69) is 0 Å². The zero-order valence-corrected chi connectivity index (χ0v) is 7.53. The highest BCUT2D eigenvalue weighted by Gasteiger charge is 2.44. The average molecular weight is 220 g/mol. The highest BCUT2D eigenvalue weighted by atomic mass is 32.2. The second-order valence-electron chi connectivity index (χ2n) is 2.02. The van der Waals surface area contributed by atoms with Gasteiger partial charge in [0.1, 0.15) is 5.94 Å². The lowest BCUT2D eigenvalue weighted by Gasteiger charge is -1.97. The summed E-state index contributed by atoms with van der Waals surface area (Å²) < 4.78 is 57.5. The number of alkyl halides is 3. The van der Waals surface area contributed by atoms with E-state index in [1.54, 1.807) is 19.8 Å². The van der Waals surface area contributed by atoms with Gasteiger partial charge in [-0.1, -0.05) is 0 Å². The van der Waals surface area contributed by atoms with Crippen LogP contribution in [0.3, 0.4) is 0 Å². The molecule has 13 heavy (non-hydrogen) atoms. The topological polar surface area (TPSA) is 71.4 Å². The molecule has 0 atom stereocenters. The summed E-state index contributed by atoms with van der Waals surface area (Å²) in [4.78, 5) is 9.34. The summed E-state index contributed by atoms with van der Waals surface area (Å²) in [6, 6.07) is 0. The van der Waals surface area contributed by atoms with E-state index >= 15 is 0 Å². The van der Waals surface area contributed by atoms with Crippen LogP contribution >= 0.6 is 0 Å². The van der Waals surface area contributed by atoms with Crippen LogP contribution in [0, 0.1) is 0 Å². The van der Waals surface area contributed by atoms with Crippen LogP contribution in [0.25, 0.3) is 0 Å². The van der Waals surface area contributed by atoms with Crippen molar-refractivity contribution in [2.45, 2.75) is 19.4 Å². The summed E-state index contributed by atoms with van der Waals surface area (Å²) in [7, 11) is -5.84. The molecular weight excluding hydrogens is 213 g/mol. The monoisotopic (exact) mass is 220 g/mol. The minimum absolute atomic E-state index is 0.699. The molecule has 0 aromatic rings. The van der Waals surface area contributed by atoms with Crippen molar-refractivity contribution in [1.29, 1.82) is 0 Å². The number of hydrogen-bond donors (Lipinski definition) is 1. The molecule has 0 fully saturated rings. The molecule has 0 aliphatic rings. The molecule has 0 aromatic carbocycles. The van der Waals surface area contributed by atoms with E-state index in [0.29, 0.717) is 5.57 Å². The first-order valence-corrected chi connectivity index (χ1v) is 4.18. The molecule has 8 heteroatoms. The summed E-state index contributed by atoms with van der Waals surface area (Å²) in [6.45, 7) is 3.43. The van der Waals surface area contributed by atoms with E-state index in [-0.39, 0.29) is 0 Å². The van der Waals surface area contributed by atoms with E-state index in [9.17, 15) is 18.0 Å². The first kappa shape index (κ1) is 14.7. The number of carbonyl (C=O) groups excluding carboxylic acids is 1. The Labute approximate surface area is 72.8 Å². The first-order chi connectivity index (χ1) is 5.52. The molecule has 1 N–H and O–H groups in total. The van der Waals surface area contributed by atoms with Crippen molar-refractivity contribution in [2.75, 3.05) is 0 Å². The summed E-state index contributed by atoms with van der Waals surface area (Å²) >= 11 is 0. The predicted molar refractivity (Wildman–Crippen MR) is 38.2 cm³/mol. The van der Waals surface area contributed by atoms with Gasteiger partial charge in [0, 0.05) is 5.57 Å². The van der Waals surface area contributed by atoms with Gasteiger partial charge in [0.2, 0.25) is 0 Å². The molecule has 0 aliphatic heterocycles. The molecule has 0 unspecified atom stereocenters. The SMILES string of the molecule is CC(C)=C=O.O=S(=O)(O)C(F)(F)F. The molecule has 0 bridgehead atoms. The smallest absolute Gasteiger partial charge is 0.279 e. The van der Waals surface area contributed by atoms with E-state index in [0.717, 1.165) is 0 Å². The van der Waals surface area contributed by atoms with Gasteiger partial charge in [0.25, 0.3) is 0 Å². The van der Waals surface area contributed by atoms with Gasteiger partial charge in [-0.2, -0.15) is 21.6 Å². The molecule has 0 aliphatic carbocycles. The maximum Gasteiger partial charge on any atom is 0.522 e. The summed E-state index contributed by atoms with van der Waals surface area (Å²) in [6.07, 6.45) is 0. The van der Waals surface area contributed by atoms with Crippen molar-refractivity contribution >= 4 is 16.1 Å². The third kappa shape index (κ3) is 9.06. The van der Waals surface area contributed by atoms with Crippen molar-refractivity contribution in [3.63, 3.8) is 0 Å². The first-order valence-electron chi connectivity index (χ1n) is 2.74. The molecule has 0 spiro atoms. The zero-order chi connectivity index (χ0) is 11.3. The minimum atomic E-state index is -5.84. The Balaban J connectivity index is 0. The van der Waals surface area contributed by atoms with E-state index in [1.165, 1.54) is 0 Å². The molecule has 4 nitrogen and oxygen atoms in total. The molecular formula is C5H7F3O4S. The van der Waals surface area contributed by atoms with Gasteiger partial charge in [0.05, 0.1) is 0 Å². The fourth-order valence-electron chi connectivity index (χ4n) is 0. The van der Waals surface area contributed by atoms with Gasteiger partial charge >= 0.3 is 15.6 Å². The van der Waals surface area contributed by atoms with Crippen LogP contribution in [0.5, 0.6) is 0 Å². The molecule has 0 heterocycles. The van der Waals surface area contributed by atoms with Crippen molar-refractivity contribution in [3.8, 4) is 0 Å². The molecule has 0 radical (unpaired) electrons. The molecule has 0 amide bonds. The third-order valence-corrected chi connectivity index (χ3v) is 1.08. The normalized spacial score (nSPS) is 10.9. The second kappa shape index (κ2) is 5.00. The van der Waals surface area contributed by atoms with Crippen molar-refractivity contribution < 1.29 is 30.9 Å². The van der Waals surface area contributed by atoms with Crippen LogP contribution in [0.15, 0.2) is 5.57 Å². The summed E-state index contributed by atoms with van der Waals surface area (Å²) in [5.74, 6) is 1.69. The maximum absolute atomic E-state index is 10.7. The van der Waals surface area contributed by atoms with E-state index in [4.69, 9.17) is 13.0 Å². The number of allylic oxidation sites excluding steroid dienone is 1. The third-order valence-electron chi connectivity index (χ3n) is 0.497. The van der Waals surface area contributed by atoms with Crippen LogP contribution in [0.4, 0.5) is 13.2 Å². The Bertz CT molecular complexity index is 292. The van der Waals surface area contributed by atoms with Crippen molar-refractivity contribution in [1.82, 2.24) is 0 Å². The Morgan fingerprint density at radius 2 is 1.46 bits per heavy atom. The minimum Gasteiger partial charge on any atom is -0.279 e. The number of rotatable bonds is 0.